The van der Waals surface area contributed by atoms with Crippen molar-refractivity contribution >= 4 is 17.7 Å². The number of fused-ring (bicyclic) bond motifs is 1. The first kappa shape index (κ1) is 15.6. The van der Waals surface area contributed by atoms with Crippen molar-refractivity contribution < 1.29 is 9.53 Å². The highest BCUT2D eigenvalue weighted by Crippen LogP contribution is 2.35. The molecule has 120 valence electrons. The van der Waals surface area contributed by atoms with E-state index in [0.29, 0.717) is 12.1 Å². The van der Waals surface area contributed by atoms with Crippen LogP contribution < -0.4 is 10.6 Å². The normalized spacial score (nSPS) is 26.5. The number of rotatable bonds is 3. The van der Waals surface area contributed by atoms with Crippen LogP contribution in [0.25, 0.3) is 0 Å². The van der Waals surface area contributed by atoms with Gasteiger partial charge < -0.3 is 15.4 Å². The van der Waals surface area contributed by atoms with Crippen LogP contribution in [0.1, 0.15) is 50.8 Å². The average Bonchev–Trinajstić information content (AvgIpc) is 2.96. The van der Waals surface area contributed by atoms with Gasteiger partial charge in [-0.3, -0.25) is 0 Å². The van der Waals surface area contributed by atoms with E-state index >= 15 is 0 Å². The molecule has 1 saturated carbocycles. The summed E-state index contributed by atoms with van der Waals surface area (Å²) in [7, 11) is 0. The van der Waals surface area contributed by atoms with Gasteiger partial charge in [0.15, 0.2) is 0 Å². The molecule has 0 spiro atoms. The third-order valence-corrected chi connectivity index (χ3v) is 4.33. The number of alkyl carbamates (subject to hydrolysis) is 1. The fourth-order valence-electron chi connectivity index (χ4n) is 3.02. The number of benzene rings is 1. The number of halogens is 1. The Bertz CT molecular complexity index is 583. The average molecular weight is 323 g/mol. The standard InChI is InChI=1S/C17H23ClN2O2/c1-17(2,3)22-16(21)20-15-9-14(15)19-13-7-4-10-8-11(18)5-6-12(10)13/h5-6,8,13-15,19H,4,7,9H2,1-3H3,(H,20,21). The predicted octanol–water partition coefficient (Wildman–Crippen LogP) is 3.58. The summed E-state index contributed by atoms with van der Waals surface area (Å²) in [5, 5.41) is 7.36. The van der Waals surface area contributed by atoms with Crippen molar-refractivity contribution in [1.29, 1.82) is 0 Å². The number of hydrogen-bond acceptors (Lipinski definition) is 3. The molecule has 2 N–H and O–H groups in total. The number of nitrogens with one attached hydrogen (secondary N) is 2. The highest BCUT2D eigenvalue weighted by Gasteiger charge is 2.41. The minimum atomic E-state index is -0.453. The summed E-state index contributed by atoms with van der Waals surface area (Å²) in [5.41, 5.74) is 2.22. The monoisotopic (exact) mass is 322 g/mol. The van der Waals surface area contributed by atoms with Crippen LogP contribution in [-0.2, 0) is 11.2 Å². The molecule has 3 atom stereocenters. The zero-order valence-corrected chi connectivity index (χ0v) is 14.0. The van der Waals surface area contributed by atoms with Crippen LogP contribution in [0.15, 0.2) is 18.2 Å². The van der Waals surface area contributed by atoms with Crippen molar-refractivity contribution in [3.05, 3.63) is 34.3 Å². The molecular weight excluding hydrogens is 300 g/mol. The van der Waals surface area contributed by atoms with E-state index in [0.717, 1.165) is 24.3 Å². The Hall–Kier alpha value is -1.26. The van der Waals surface area contributed by atoms with Crippen molar-refractivity contribution in [3.63, 3.8) is 0 Å². The molecule has 5 heteroatoms. The molecule has 1 fully saturated rings. The lowest BCUT2D eigenvalue weighted by molar-refractivity contribution is 0.0522. The summed E-state index contributed by atoms with van der Waals surface area (Å²) in [4.78, 5) is 11.8. The molecule has 4 nitrogen and oxygen atoms in total. The van der Waals surface area contributed by atoms with E-state index in [1.54, 1.807) is 0 Å². The van der Waals surface area contributed by atoms with Crippen LogP contribution in [0, 0.1) is 0 Å². The molecule has 0 bridgehead atoms. The van der Waals surface area contributed by atoms with Crippen molar-refractivity contribution in [2.75, 3.05) is 0 Å². The zero-order valence-electron chi connectivity index (χ0n) is 13.3. The molecule has 0 radical (unpaired) electrons. The Morgan fingerprint density at radius 3 is 2.82 bits per heavy atom. The van der Waals surface area contributed by atoms with Gasteiger partial charge in [-0.1, -0.05) is 17.7 Å². The number of carbonyl (C=O) groups is 1. The van der Waals surface area contributed by atoms with E-state index in [9.17, 15) is 4.79 Å². The summed E-state index contributed by atoms with van der Waals surface area (Å²) in [6.07, 6.45) is 2.77. The highest BCUT2D eigenvalue weighted by molar-refractivity contribution is 6.30. The number of ether oxygens (including phenoxy) is 1. The minimum absolute atomic E-state index is 0.172. The van der Waals surface area contributed by atoms with E-state index in [4.69, 9.17) is 16.3 Å². The molecule has 0 heterocycles. The van der Waals surface area contributed by atoms with E-state index in [2.05, 4.69) is 22.8 Å². The van der Waals surface area contributed by atoms with Crippen molar-refractivity contribution in [2.24, 2.45) is 0 Å². The van der Waals surface area contributed by atoms with Gasteiger partial charge in [-0.2, -0.15) is 0 Å². The number of carbonyl (C=O) groups excluding carboxylic acids is 1. The van der Waals surface area contributed by atoms with Gasteiger partial charge in [-0.05, 0) is 63.3 Å². The second-order valence-electron chi connectivity index (χ2n) is 7.20. The lowest BCUT2D eigenvalue weighted by atomic mass is 10.1. The number of aryl methyl sites for hydroxylation is 1. The molecule has 1 aromatic carbocycles. The van der Waals surface area contributed by atoms with Crippen LogP contribution in [0.3, 0.4) is 0 Å². The van der Waals surface area contributed by atoms with Gasteiger partial charge in [0.2, 0.25) is 0 Å². The quantitative estimate of drug-likeness (QED) is 0.894. The molecule has 3 unspecified atom stereocenters. The molecular formula is C17H23ClN2O2. The molecule has 0 saturated heterocycles. The van der Waals surface area contributed by atoms with Crippen molar-refractivity contribution in [1.82, 2.24) is 10.6 Å². The van der Waals surface area contributed by atoms with Gasteiger partial charge >= 0.3 is 6.09 Å². The van der Waals surface area contributed by atoms with Crippen molar-refractivity contribution in [3.8, 4) is 0 Å². The molecule has 3 rings (SSSR count). The first-order chi connectivity index (χ1) is 10.3. The maximum absolute atomic E-state index is 11.8. The molecule has 1 aromatic rings. The summed E-state index contributed by atoms with van der Waals surface area (Å²) in [5.74, 6) is 0. The molecule has 0 aromatic heterocycles. The molecule has 2 aliphatic carbocycles. The van der Waals surface area contributed by atoms with Gasteiger partial charge in [0, 0.05) is 23.1 Å². The SMILES string of the molecule is CC(C)(C)OC(=O)NC1CC1NC1CCc2cc(Cl)ccc21. The van der Waals surface area contributed by atoms with E-state index < -0.39 is 5.60 Å². The maximum Gasteiger partial charge on any atom is 0.407 e. The van der Waals surface area contributed by atoms with E-state index in [1.807, 2.05) is 26.8 Å². The predicted molar refractivity (Wildman–Crippen MR) is 87.2 cm³/mol. The Morgan fingerprint density at radius 1 is 1.32 bits per heavy atom. The number of amides is 1. The molecule has 22 heavy (non-hydrogen) atoms. The fourth-order valence-corrected chi connectivity index (χ4v) is 3.21. The maximum atomic E-state index is 11.8. The Morgan fingerprint density at radius 2 is 2.09 bits per heavy atom. The largest absolute Gasteiger partial charge is 0.444 e. The first-order valence-corrected chi connectivity index (χ1v) is 8.23. The summed E-state index contributed by atoms with van der Waals surface area (Å²) in [6.45, 7) is 5.61. The smallest absolute Gasteiger partial charge is 0.407 e. The van der Waals surface area contributed by atoms with E-state index in [-0.39, 0.29) is 12.1 Å². The lowest BCUT2D eigenvalue weighted by Gasteiger charge is -2.20. The minimum Gasteiger partial charge on any atom is -0.444 e. The van der Waals surface area contributed by atoms with Crippen LogP contribution >= 0.6 is 11.6 Å². The van der Waals surface area contributed by atoms with Gasteiger partial charge in [0.1, 0.15) is 5.60 Å². The fraction of sp³-hybridized carbons (Fsp3) is 0.588. The summed E-state index contributed by atoms with van der Waals surface area (Å²) in [6, 6.07) is 6.99. The molecule has 0 aliphatic heterocycles. The van der Waals surface area contributed by atoms with Gasteiger partial charge in [0.05, 0.1) is 0 Å². The van der Waals surface area contributed by atoms with Crippen molar-refractivity contribution in [2.45, 2.75) is 63.8 Å². The Kier molecular flexibility index (Phi) is 4.08. The second kappa shape index (κ2) is 5.74. The molecule has 2 aliphatic rings. The topological polar surface area (TPSA) is 50.4 Å². The molecule has 1 amide bonds. The Balaban J connectivity index is 1.50. The van der Waals surface area contributed by atoms with E-state index in [1.165, 1.54) is 11.1 Å². The van der Waals surface area contributed by atoms with Crippen LogP contribution in [0.2, 0.25) is 5.02 Å². The number of hydrogen-bond donors (Lipinski definition) is 2. The van der Waals surface area contributed by atoms with Crippen LogP contribution in [-0.4, -0.2) is 23.8 Å². The second-order valence-corrected chi connectivity index (χ2v) is 7.63. The lowest BCUT2D eigenvalue weighted by Crippen LogP contribution is -2.37. The third kappa shape index (κ3) is 3.73. The Labute approximate surface area is 136 Å². The van der Waals surface area contributed by atoms with Gasteiger partial charge in [0.25, 0.3) is 0 Å². The summed E-state index contributed by atoms with van der Waals surface area (Å²) < 4.78 is 5.28. The highest BCUT2D eigenvalue weighted by atomic mass is 35.5. The summed E-state index contributed by atoms with van der Waals surface area (Å²) >= 11 is 6.04. The van der Waals surface area contributed by atoms with Crippen LogP contribution in [0.4, 0.5) is 4.79 Å². The van der Waals surface area contributed by atoms with Crippen LogP contribution in [0.5, 0.6) is 0 Å². The third-order valence-electron chi connectivity index (χ3n) is 4.09. The van der Waals surface area contributed by atoms with Gasteiger partial charge in [-0.25, -0.2) is 4.79 Å². The zero-order chi connectivity index (χ0) is 15.9. The van der Waals surface area contributed by atoms with Gasteiger partial charge in [-0.15, -0.1) is 0 Å². The first-order valence-electron chi connectivity index (χ1n) is 7.86.